The first-order chi connectivity index (χ1) is 15.1. The highest BCUT2D eigenvalue weighted by molar-refractivity contribution is 7.09. The average Bonchev–Trinajstić information content (AvgIpc) is 3.23. The molecule has 8 nitrogen and oxygen atoms in total. The van der Waals surface area contributed by atoms with Crippen LogP contribution in [0, 0.1) is 6.92 Å². The van der Waals surface area contributed by atoms with Crippen LogP contribution in [-0.2, 0) is 6.54 Å². The Kier molecular flexibility index (Phi) is 6.06. The maximum absolute atomic E-state index is 12.8. The van der Waals surface area contributed by atoms with E-state index in [0.717, 1.165) is 22.0 Å². The molecule has 1 amide bonds. The molecule has 2 heterocycles. The van der Waals surface area contributed by atoms with Gasteiger partial charge in [0.1, 0.15) is 5.75 Å². The van der Waals surface area contributed by atoms with Crippen molar-refractivity contribution in [2.75, 3.05) is 6.61 Å². The predicted octanol–water partition coefficient (Wildman–Crippen LogP) is 3.42. The molecule has 0 aliphatic carbocycles. The van der Waals surface area contributed by atoms with Crippen molar-refractivity contribution in [2.45, 2.75) is 19.9 Å². The molecule has 4 aromatic rings. The van der Waals surface area contributed by atoms with Gasteiger partial charge in [0.2, 0.25) is 0 Å². The first kappa shape index (κ1) is 20.7. The predicted molar refractivity (Wildman–Crippen MR) is 118 cm³/mol. The van der Waals surface area contributed by atoms with Crippen LogP contribution >= 0.6 is 11.3 Å². The minimum absolute atomic E-state index is 0.184. The SMILES string of the molecule is Cc1nc(-c2ccccc2OCCCn2cnc3ccc(C(=O)NO)cc3c2=O)cs1. The Morgan fingerprint density at radius 3 is 2.87 bits per heavy atom. The highest BCUT2D eigenvalue weighted by atomic mass is 32.1. The number of hydrogen-bond donors (Lipinski definition) is 2. The number of nitrogens with zero attached hydrogens (tertiary/aromatic N) is 3. The van der Waals surface area contributed by atoms with Crippen molar-refractivity contribution in [1.29, 1.82) is 0 Å². The first-order valence-electron chi connectivity index (χ1n) is 9.65. The standard InChI is InChI=1S/C22H20N4O4S/c1-14-24-19(12-31-14)16-5-2-3-6-20(16)30-10-4-9-26-13-23-18-8-7-15(21(27)25-29)11-17(18)22(26)28/h2-3,5-8,11-13,29H,4,9-10H2,1H3,(H,25,27). The summed E-state index contributed by atoms with van der Waals surface area (Å²) in [5, 5.41) is 12.1. The van der Waals surface area contributed by atoms with Gasteiger partial charge in [-0.25, -0.2) is 15.4 Å². The van der Waals surface area contributed by atoms with E-state index >= 15 is 0 Å². The molecule has 158 valence electrons. The van der Waals surface area contributed by atoms with Crippen LogP contribution in [0.4, 0.5) is 0 Å². The number of aryl methyl sites for hydroxylation is 2. The third-order valence-corrected chi connectivity index (χ3v) is 5.54. The maximum atomic E-state index is 12.8. The van der Waals surface area contributed by atoms with Crippen LogP contribution < -0.4 is 15.8 Å². The van der Waals surface area contributed by atoms with E-state index in [9.17, 15) is 9.59 Å². The molecule has 0 radical (unpaired) electrons. The van der Waals surface area contributed by atoms with Gasteiger partial charge < -0.3 is 4.74 Å². The smallest absolute Gasteiger partial charge is 0.274 e. The number of fused-ring (bicyclic) bond motifs is 1. The van der Waals surface area contributed by atoms with Gasteiger partial charge >= 0.3 is 0 Å². The second-order valence-electron chi connectivity index (χ2n) is 6.87. The summed E-state index contributed by atoms with van der Waals surface area (Å²) in [6.07, 6.45) is 2.08. The third-order valence-electron chi connectivity index (χ3n) is 4.77. The summed E-state index contributed by atoms with van der Waals surface area (Å²) in [5.41, 5.74) is 3.80. The number of carbonyl (C=O) groups excluding carboxylic acids is 1. The minimum atomic E-state index is -0.681. The maximum Gasteiger partial charge on any atom is 0.274 e. The quantitative estimate of drug-likeness (QED) is 0.261. The Morgan fingerprint density at radius 1 is 1.26 bits per heavy atom. The summed E-state index contributed by atoms with van der Waals surface area (Å²) in [6, 6.07) is 12.2. The summed E-state index contributed by atoms with van der Waals surface area (Å²) in [5.74, 6) is 0.0653. The molecule has 31 heavy (non-hydrogen) atoms. The monoisotopic (exact) mass is 436 g/mol. The number of benzene rings is 2. The van der Waals surface area contributed by atoms with E-state index < -0.39 is 5.91 Å². The van der Waals surface area contributed by atoms with Gasteiger partial charge in [0.05, 0.1) is 34.5 Å². The molecule has 0 saturated heterocycles. The third kappa shape index (κ3) is 4.47. The van der Waals surface area contributed by atoms with Crippen molar-refractivity contribution in [3.63, 3.8) is 0 Å². The lowest BCUT2D eigenvalue weighted by Crippen LogP contribution is -2.23. The number of carbonyl (C=O) groups is 1. The van der Waals surface area contributed by atoms with Crippen LogP contribution in [0.5, 0.6) is 5.75 Å². The Hall–Kier alpha value is -3.56. The van der Waals surface area contributed by atoms with Gasteiger partial charge in [-0.15, -0.1) is 11.3 Å². The highest BCUT2D eigenvalue weighted by Gasteiger charge is 2.11. The van der Waals surface area contributed by atoms with Crippen molar-refractivity contribution in [3.8, 4) is 17.0 Å². The average molecular weight is 436 g/mol. The Morgan fingerprint density at radius 2 is 2.10 bits per heavy atom. The molecule has 9 heteroatoms. The van der Waals surface area contributed by atoms with Crippen LogP contribution in [0.15, 0.2) is 59.0 Å². The summed E-state index contributed by atoms with van der Waals surface area (Å²) >= 11 is 1.59. The molecule has 0 aliphatic heterocycles. The van der Waals surface area contributed by atoms with Crippen molar-refractivity contribution < 1.29 is 14.7 Å². The largest absolute Gasteiger partial charge is 0.493 e. The number of rotatable bonds is 7. The van der Waals surface area contributed by atoms with Gasteiger partial charge in [0.15, 0.2) is 0 Å². The van der Waals surface area contributed by atoms with E-state index in [4.69, 9.17) is 9.94 Å². The van der Waals surface area contributed by atoms with Gasteiger partial charge in [-0.3, -0.25) is 19.4 Å². The van der Waals surface area contributed by atoms with E-state index in [1.54, 1.807) is 22.9 Å². The topological polar surface area (TPSA) is 106 Å². The van der Waals surface area contributed by atoms with Crippen molar-refractivity contribution >= 4 is 28.1 Å². The minimum Gasteiger partial charge on any atom is -0.493 e. The molecular formula is C22H20N4O4S. The molecule has 0 saturated carbocycles. The molecule has 0 spiro atoms. The number of amides is 1. The van der Waals surface area contributed by atoms with E-state index in [1.807, 2.05) is 36.6 Å². The van der Waals surface area contributed by atoms with E-state index in [2.05, 4.69) is 9.97 Å². The summed E-state index contributed by atoms with van der Waals surface area (Å²) in [7, 11) is 0. The van der Waals surface area contributed by atoms with Gasteiger partial charge in [0.25, 0.3) is 11.5 Å². The summed E-state index contributed by atoms with van der Waals surface area (Å²) in [4.78, 5) is 33.2. The Labute approximate surface area is 181 Å². The molecule has 4 rings (SSSR count). The molecule has 0 aliphatic rings. The van der Waals surface area contributed by atoms with Gasteiger partial charge in [-0.1, -0.05) is 12.1 Å². The Balaban J connectivity index is 1.45. The van der Waals surface area contributed by atoms with Gasteiger partial charge in [-0.05, 0) is 43.7 Å². The molecule has 0 fully saturated rings. The lowest BCUT2D eigenvalue weighted by Gasteiger charge is -2.11. The highest BCUT2D eigenvalue weighted by Crippen LogP contribution is 2.30. The summed E-state index contributed by atoms with van der Waals surface area (Å²) in [6.45, 7) is 2.79. The van der Waals surface area contributed by atoms with Crippen molar-refractivity contribution in [2.24, 2.45) is 0 Å². The van der Waals surface area contributed by atoms with Crippen LogP contribution in [-0.4, -0.2) is 32.3 Å². The molecule has 0 bridgehead atoms. The van der Waals surface area contributed by atoms with Crippen LogP contribution in [0.2, 0.25) is 0 Å². The molecule has 2 N–H and O–H groups in total. The number of thiazole rings is 1. The number of hydrogen-bond acceptors (Lipinski definition) is 7. The van der Waals surface area contributed by atoms with Crippen LogP contribution in [0.3, 0.4) is 0 Å². The van der Waals surface area contributed by atoms with E-state index in [1.165, 1.54) is 23.0 Å². The normalized spacial score (nSPS) is 10.9. The Bertz CT molecular complexity index is 1300. The van der Waals surface area contributed by atoms with E-state index in [-0.39, 0.29) is 11.1 Å². The van der Waals surface area contributed by atoms with Gasteiger partial charge in [-0.2, -0.15) is 0 Å². The second-order valence-corrected chi connectivity index (χ2v) is 7.93. The zero-order chi connectivity index (χ0) is 21.8. The fourth-order valence-electron chi connectivity index (χ4n) is 3.23. The number of ether oxygens (including phenoxy) is 1. The molecule has 0 atom stereocenters. The van der Waals surface area contributed by atoms with Crippen molar-refractivity contribution in [3.05, 3.63) is 75.1 Å². The molecule has 2 aromatic heterocycles. The zero-order valence-electron chi connectivity index (χ0n) is 16.7. The zero-order valence-corrected chi connectivity index (χ0v) is 17.6. The first-order valence-corrected chi connectivity index (χ1v) is 10.5. The molecular weight excluding hydrogens is 416 g/mol. The number of aromatic nitrogens is 3. The number of para-hydroxylation sites is 1. The van der Waals surface area contributed by atoms with Crippen molar-refractivity contribution in [1.82, 2.24) is 20.0 Å². The fraction of sp³-hybridized carbons (Fsp3) is 0.182. The number of hydroxylamine groups is 1. The molecule has 2 aromatic carbocycles. The van der Waals surface area contributed by atoms with Crippen LogP contribution in [0.1, 0.15) is 21.8 Å². The lowest BCUT2D eigenvalue weighted by atomic mass is 10.1. The van der Waals surface area contributed by atoms with Gasteiger partial charge in [0, 0.05) is 23.1 Å². The lowest BCUT2D eigenvalue weighted by molar-refractivity contribution is 0.0706. The summed E-state index contributed by atoms with van der Waals surface area (Å²) < 4.78 is 7.45. The molecule has 0 unspecified atom stereocenters. The fourth-order valence-corrected chi connectivity index (χ4v) is 3.85. The second kappa shape index (κ2) is 9.07. The number of nitrogens with one attached hydrogen (secondary N) is 1. The van der Waals surface area contributed by atoms with E-state index in [0.29, 0.717) is 30.5 Å². The van der Waals surface area contributed by atoms with Crippen LogP contribution in [0.25, 0.3) is 22.2 Å².